The molecular formula is C20H22N4O2. The van der Waals surface area contributed by atoms with Crippen molar-refractivity contribution in [3.8, 4) is 11.5 Å². The smallest absolute Gasteiger partial charge is 0.229 e. The zero-order valence-electron chi connectivity index (χ0n) is 15.1. The minimum Gasteiger partial charge on any atom is -0.497 e. The Kier molecular flexibility index (Phi) is 5.53. The summed E-state index contributed by atoms with van der Waals surface area (Å²) < 4.78 is 10.6. The molecule has 1 heterocycles. The van der Waals surface area contributed by atoms with E-state index in [0.29, 0.717) is 18.2 Å². The lowest BCUT2D eigenvalue weighted by molar-refractivity contribution is 0.395. The average Bonchev–Trinajstić information content (AvgIpc) is 2.67. The summed E-state index contributed by atoms with van der Waals surface area (Å²) in [6.07, 6.45) is 0. The number of ether oxygens (including phenoxy) is 2. The Bertz CT molecular complexity index is 869. The third-order valence-electron chi connectivity index (χ3n) is 3.83. The van der Waals surface area contributed by atoms with Crippen LogP contribution in [0.2, 0.25) is 0 Å². The van der Waals surface area contributed by atoms with Crippen molar-refractivity contribution in [2.75, 3.05) is 24.9 Å². The minimum atomic E-state index is 0.504. The highest BCUT2D eigenvalue weighted by Gasteiger charge is 2.08. The molecule has 6 nitrogen and oxygen atoms in total. The molecule has 1 aromatic heterocycles. The monoisotopic (exact) mass is 350 g/mol. The molecule has 0 saturated carbocycles. The van der Waals surface area contributed by atoms with Crippen LogP contribution in [0.4, 0.5) is 17.5 Å². The number of aromatic nitrogens is 2. The zero-order valence-corrected chi connectivity index (χ0v) is 15.1. The van der Waals surface area contributed by atoms with E-state index < -0.39 is 0 Å². The number of methoxy groups -OCH3 is 2. The molecule has 0 saturated heterocycles. The van der Waals surface area contributed by atoms with E-state index in [2.05, 4.69) is 32.7 Å². The summed E-state index contributed by atoms with van der Waals surface area (Å²) in [5.74, 6) is 2.65. The number of hydrogen-bond acceptors (Lipinski definition) is 6. The molecule has 0 aliphatic heterocycles. The number of benzene rings is 2. The minimum absolute atomic E-state index is 0.504. The quantitative estimate of drug-likeness (QED) is 0.667. The van der Waals surface area contributed by atoms with Gasteiger partial charge in [-0.3, -0.25) is 0 Å². The molecule has 3 rings (SSSR count). The fraction of sp³-hybridized carbons (Fsp3) is 0.200. The van der Waals surface area contributed by atoms with Gasteiger partial charge in [0.15, 0.2) is 0 Å². The molecule has 0 bridgehead atoms. The normalized spacial score (nSPS) is 10.3. The Balaban J connectivity index is 1.77. The molecule has 0 atom stereocenters. The van der Waals surface area contributed by atoms with Crippen LogP contribution in [0.5, 0.6) is 11.5 Å². The molecule has 0 amide bonds. The van der Waals surface area contributed by atoms with Gasteiger partial charge in [0.05, 0.1) is 19.9 Å². The van der Waals surface area contributed by atoms with Crippen LogP contribution in [0.3, 0.4) is 0 Å². The van der Waals surface area contributed by atoms with Gasteiger partial charge in [-0.15, -0.1) is 0 Å². The van der Waals surface area contributed by atoms with Crippen LogP contribution in [0.25, 0.3) is 0 Å². The van der Waals surface area contributed by atoms with E-state index in [9.17, 15) is 0 Å². The highest BCUT2D eigenvalue weighted by molar-refractivity contribution is 5.65. The zero-order chi connectivity index (χ0) is 18.4. The summed E-state index contributed by atoms with van der Waals surface area (Å²) in [7, 11) is 3.24. The van der Waals surface area contributed by atoms with Crippen molar-refractivity contribution >= 4 is 17.5 Å². The Morgan fingerprint density at radius 1 is 0.923 bits per heavy atom. The predicted molar refractivity (Wildman–Crippen MR) is 103 cm³/mol. The lowest BCUT2D eigenvalue weighted by Gasteiger charge is -2.13. The van der Waals surface area contributed by atoms with E-state index in [-0.39, 0.29) is 0 Å². The first-order valence-electron chi connectivity index (χ1n) is 8.30. The van der Waals surface area contributed by atoms with Crippen molar-refractivity contribution in [3.63, 3.8) is 0 Å². The number of anilines is 3. The number of aryl methyl sites for hydroxylation is 1. The second-order valence-corrected chi connectivity index (χ2v) is 5.75. The number of hydrogen-bond donors (Lipinski definition) is 2. The largest absolute Gasteiger partial charge is 0.497 e. The summed E-state index contributed by atoms with van der Waals surface area (Å²) in [5.41, 5.74) is 2.83. The molecule has 0 unspecified atom stereocenters. The van der Waals surface area contributed by atoms with Gasteiger partial charge in [-0.2, -0.15) is 4.98 Å². The molecule has 0 aliphatic carbocycles. The van der Waals surface area contributed by atoms with Crippen LogP contribution in [0.15, 0.2) is 54.6 Å². The van der Waals surface area contributed by atoms with Crippen molar-refractivity contribution in [2.24, 2.45) is 0 Å². The predicted octanol–water partition coefficient (Wildman–Crippen LogP) is 4.16. The van der Waals surface area contributed by atoms with Crippen molar-refractivity contribution in [3.05, 3.63) is 65.9 Å². The van der Waals surface area contributed by atoms with E-state index in [0.717, 1.165) is 22.9 Å². The Morgan fingerprint density at radius 2 is 1.73 bits per heavy atom. The van der Waals surface area contributed by atoms with E-state index in [1.54, 1.807) is 14.2 Å². The number of rotatable bonds is 7. The van der Waals surface area contributed by atoms with Crippen LogP contribution < -0.4 is 20.1 Å². The molecule has 6 heteroatoms. The van der Waals surface area contributed by atoms with Gasteiger partial charge >= 0.3 is 0 Å². The molecule has 134 valence electrons. The summed E-state index contributed by atoms with van der Waals surface area (Å²) in [6, 6.07) is 17.6. The fourth-order valence-electron chi connectivity index (χ4n) is 2.53. The first-order valence-corrected chi connectivity index (χ1v) is 8.30. The van der Waals surface area contributed by atoms with Crippen LogP contribution in [0.1, 0.15) is 11.3 Å². The fourth-order valence-corrected chi connectivity index (χ4v) is 2.53. The van der Waals surface area contributed by atoms with Gasteiger partial charge in [0, 0.05) is 24.4 Å². The van der Waals surface area contributed by atoms with E-state index in [1.807, 2.05) is 49.4 Å². The van der Waals surface area contributed by atoms with Gasteiger partial charge in [0.1, 0.15) is 17.3 Å². The van der Waals surface area contributed by atoms with E-state index in [1.165, 1.54) is 5.56 Å². The van der Waals surface area contributed by atoms with Crippen molar-refractivity contribution in [1.82, 2.24) is 9.97 Å². The lowest BCUT2D eigenvalue weighted by atomic mass is 10.2. The standard InChI is InChI=1S/C20H22N4O2/c1-14-11-19(21-13-15-7-5-4-6-8-15)24-20(22-14)23-17-10-9-16(25-2)12-18(17)26-3/h4-12H,13H2,1-3H3,(H2,21,22,23,24). The van der Waals surface area contributed by atoms with Crippen LogP contribution in [-0.4, -0.2) is 24.2 Å². The van der Waals surface area contributed by atoms with Gasteiger partial charge < -0.3 is 20.1 Å². The molecule has 26 heavy (non-hydrogen) atoms. The highest BCUT2D eigenvalue weighted by Crippen LogP contribution is 2.30. The molecule has 2 aromatic carbocycles. The highest BCUT2D eigenvalue weighted by atomic mass is 16.5. The molecule has 0 spiro atoms. The summed E-state index contributed by atoms with van der Waals surface area (Å²) in [4.78, 5) is 8.99. The van der Waals surface area contributed by atoms with Crippen molar-refractivity contribution < 1.29 is 9.47 Å². The molecule has 3 aromatic rings. The first kappa shape index (κ1) is 17.5. The maximum atomic E-state index is 5.41. The Morgan fingerprint density at radius 3 is 2.46 bits per heavy atom. The maximum Gasteiger partial charge on any atom is 0.229 e. The van der Waals surface area contributed by atoms with E-state index in [4.69, 9.17) is 9.47 Å². The second kappa shape index (κ2) is 8.20. The van der Waals surface area contributed by atoms with Crippen LogP contribution in [-0.2, 0) is 6.54 Å². The SMILES string of the molecule is COc1ccc(Nc2nc(C)cc(NCc3ccccc3)n2)c(OC)c1. The topological polar surface area (TPSA) is 68.3 Å². The van der Waals surface area contributed by atoms with E-state index >= 15 is 0 Å². The third kappa shape index (κ3) is 4.42. The lowest BCUT2D eigenvalue weighted by Crippen LogP contribution is -2.06. The molecule has 0 aliphatic rings. The maximum absolute atomic E-state index is 5.41. The van der Waals surface area contributed by atoms with Crippen molar-refractivity contribution in [2.45, 2.75) is 13.5 Å². The Labute approximate surface area is 153 Å². The van der Waals surface area contributed by atoms with Gasteiger partial charge in [-0.25, -0.2) is 4.98 Å². The second-order valence-electron chi connectivity index (χ2n) is 5.75. The number of nitrogens with one attached hydrogen (secondary N) is 2. The third-order valence-corrected chi connectivity index (χ3v) is 3.83. The Hall–Kier alpha value is -3.28. The summed E-state index contributed by atoms with van der Waals surface area (Å²) in [5, 5.41) is 6.54. The van der Waals surface area contributed by atoms with Gasteiger partial charge in [-0.05, 0) is 24.6 Å². The molecule has 0 radical (unpaired) electrons. The van der Waals surface area contributed by atoms with Crippen LogP contribution >= 0.6 is 0 Å². The molecule has 2 N–H and O–H groups in total. The molecule has 0 fully saturated rings. The van der Waals surface area contributed by atoms with Crippen molar-refractivity contribution in [1.29, 1.82) is 0 Å². The summed E-state index contributed by atoms with van der Waals surface area (Å²) >= 11 is 0. The van der Waals surface area contributed by atoms with Gasteiger partial charge in [0.2, 0.25) is 5.95 Å². The molecular weight excluding hydrogens is 328 g/mol. The summed E-state index contributed by atoms with van der Waals surface area (Å²) in [6.45, 7) is 2.63. The van der Waals surface area contributed by atoms with Gasteiger partial charge in [-0.1, -0.05) is 30.3 Å². The van der Waals surface area contributed by atoms with Crippen LogP contribution in [0, 0.1) is 6.92 Å². The average molecular weight is 350 g/mol. The first-order chi connectivity index (χ1) is 12.7. The number of nitrogens with zero attached hydrogens (tertiary/aromatic N) is 2. The van der Waals surface area contributed by atoms with Gasteiger partial charge in [0.25, 0.3) is 0 Å².